The van der Waals surface area contributed by atoms with Crippen LogP contribution in [0.3, 0.4) is 0 Å². The Balaban J connectivity index is 2.65. The summed E-state index contributed by atoms with van der Waals surface area (Å²) >= 11 is 6.03. The molecule has 18 heavy (non-hydrogen) atoms. The van der Waals surface area contributed by atoms with Crippen molar-refractivity contribution in [2.24, 2.45) is 0 Å². The van der Waals surface area contributed by atoms with Gasteiger partial charge in [-0.05, 0) is 32.4 Å². The predicted molar refractivity (Wildman–Crippen MR) is 69.4 cm³/mol. The van der Waals surface area contributed by atoms with E-state index < -0.39 is 4.92 Å². The second-order valence-electron chi connectivity index (χ2n) is 4.18. The molecule has 0 aliphatic carbocycles. The Bertz CT molecular complexity index is 634. The van der Waals surface area contributed by atoms with Crippen molar-refractivity contribution in [1.82, 2.24) is 9.78 Å². The summed E-state index contributed by atoms with van der Waals surface area (Å²) in [5.74, 6) is 0. The quantitative estimate of drug-likeness (QED) is 0.618. The second-order valence-corrected chi connectivity index (χ2v) is 4.54. The van der Waals surface area contributed by atoms with Gasteiger partial charge >= 0.3 is 5.69 Å². The Morgan fingerprint density at radius 1 is 1.33 bits per heavy atom. The van der Waals surface area contributed by atoms with E-state index in [2.05, 4.69) is 5.10 Å². The number of nitrogens with zero attached hydrogens (tertiary/aromatic N) is 3. The molecule has 0 fully saturated rings. The molecule has 5 nitrogen and oxygen atoms in total. The van der Waals surface area contributed by atoms with Crippen molar-refractivity contribution in [2.75, 3.05) is 0 Å². The monoisotopic (exact) mass is 265 g/mol. The van der Waals surface area contributed by atoms with Crippen LogP contribution in [0.2, 0.25) is 5.15 Å². The number of nitro groups is 1. The minimum atomic E-state index is -0.509. The molecule has 94 valence electrons. The van der Waals surface area contributed by atoms with Crippen LogP contribution in [0.25, 0.3) is 5.69 Å². The molecule has 1 aromatic heterocycles. The van der Waals surface area contributed by atoms with Gasteiger partial charge in [0.15, 0.2) is 0 Å². The summed E-state index contributed by atoms with van der Waals surface area (Å²) in [6.45, 7) is 5.47. The molecule has 0 radical (unpaired) electrons. The van der Waals surface area contributed by atoms with Gasteiger partial charge in [0.1, 0.15) is 5.69 Å². The van der Waals surface area contributed by atoms with Crippen LogP contribution in [0.15, 0.2) is 18.2 Å². The number of hydrogen-bond acceptors (Lipinski definition) is 3. The highest BCUT2D eigenvalue weighted by Crippen LogP contribution is 2.31. The van der Waals surface area contributed by atoms with E-state index in [1.807, 2.05) is 32.0 Å². The van der Waals surface area contributed by atoms with E-state index in [4.69, 9.17) is 11.6 Å². The van der Waals surface area contributed by atoms with Crippen LogP contribution in [-0.4, -0.2) is 14.7 Å². The van der Waals surface area contributed by atoms with Crippen molar-refractivity contribution >= 4 is 17.3 Å². The lowest BCUT2D eigenvalue weighted by Gasteiger charge is -2.07. The molecular formula is C12H12ClN3O2. The van der Waals surface area contributed by atoms with Gasteiger partial charge in [-0.1, -0.05) is 29.3 Å². The number of halogens is 1. The zero-order valence-corrected chi connectivity index (χ0v) is 11.0. The fourth-order valence-electron chi connectivity index (χ4n) is 1.90. The third-order valence-electron chi connectivity index (χ3n) is 2.74. The van der Waals surface area contributed by atoms with Crippen LogP contribution in [0.5, 0.6) is 0 Å². The molecule has 0 N–H and O–H groups in total. The van der Waals surface area contributed by atoms with E-state index in [0.717, 1.165) is 16.8 Å². The molecule has 1 heterocycles. The average Bonchev–Trinajstić information content (AvgIpc) is 2.54. The summed E-state index contributed by atoms with van der Waals surface area (Å²) < 4.78 is 1.41. The van der Waals surface area contributed by atoms with Crippen LogP contribution in [-0.2, 0) is 0 Å². The van der Waals surface area contributed by atoms with Crippen molar-refractivity contribution in [3.05, 3.63) is 50.3 Å². The summed E-state index contributed by atoms with van der Waals surface area (Å²) in [4.78, 5) is 10.4. The highest BCUT2D eigenvalue weighted by molar-refractivity contribution is 6.32. The van der Waals surface area contributed by atoms with Crippen LogP contribution in [0.1, 0.15) is 16.8 Å². The Hall–Kier alpha value is -1.88. The van der Waals surface area contributed by atoms with E-state index in [1.165, 1.54) is 4.68 Å². The molecule has 0 atom stereocenters. The molecule has 6 heteroatoms. The highest BCUT2D eigenvalue weighted by Gasteiger charge is 2.24. The molecule has 0 aliphatic heterocycles. The van der Waals surface area contributed by atoms with Crippen LogP contribution >= 0.6 is 11.6 Å². The first-order chi connectivity index (χ1) is 8.41. The third-order valence-corrected chi connectivity index (χ3v) is 3.08. The van der Waals surface area contributed by atoms with Crippen molar-refractivity contribution < 1.29 is 4.92 Å². The largest absolute Gasteiger partial charge is 0.329 e. The zero-order chi connectivity index (χ0) is 13.4. The predicted octanol–water partition coefficient (Wildman–Crippen LogP) is 3.36. The summed E-state index contributed by atoms with van der Waals surface area (Å²) in [6, 6.07) is 5.75. The van der Waals surface area contributed by atoms with Gasteiger partial charge < -0.3 is 0 Å². The van der Waals surface area contributed by atoms with E-state index in [9.17, 15) is 10.1 Å². The number of aromatic nitrogens is 2. The van der Waals surface area contributed by atoms with Crippen LogP contribution < -0.4 is 0 Å². The Kier molecular flexibility index (Phi) is 3.09. The normalized spacial score (nSPS) is 10.7. The Morgan fingerprint density at radius 3 is 2.50 bits per heavy atom. The molecule has 0 saturated carbocycles. The lowest BCUT2D eigenvalue weighted by Crippen LogP contribution is -2.00. The summed E-state index contributed by atoms with van der Waals surface area (Å²) in [5.41, 5.74) is 3.00. The molecule has 0 aliphatic rings. The van der Waals surface area contributed by atoms with E-state index >= 15 is 0 Å². The Labute approximate surface area is 109 Å². The zero-order valence-electron chi connectivity index (χ0n) is 10.3. The molecular weight excluding hydrogens is 254 g/mol. The molecule has 0 unspecified atom stereocenters. The summed E-state index contributed by atoms with van der Waals surface area (Å²) in [7, 11) is 0. The molecule has 0 saturated heterocycles. The van der Waals surface area contributed by atoms with Gasteiger partial charge in [-0.25, -0.2) is 4.68 Å². The van der Waals surface area contributed by atoms with Gasteiger partial charge in [-0.15, -0.1) is 0 Å². The molecule has 2 aromatic rings. The van der Waals surface area contributed by atoms with Crippen molar-refractivity contribution in [3.63, 3.8) is 0 Å². The first-order valence-electron chi connectivity index (χ1n) is 5.39. The van der Waals surface area contributed by atoms with Crippen molar-refractivity contribution in [3.8, 4) is 5.69 Å². The minimum absolute atomic E-state index is 0.0319. The number of aryl methyl sites for hydroxylation is 3. The summed E-state index contributed by atoms with van der Waals surface area (Å²) in [5, 5.41) is 15.1. The summed E-state index contributed by atoms with van der Waals surface area (Å²) in [6.07, 6.45) is 0. The first kappa shape index (κ1) is 12.6. The van der Waals surface area contributed by atoms with Gasteiger partial charge in [-0.2, -0.15) is 5.10 Å². The SMILES string of the molecule is Cc1ccc(-n2nc(C)c([N+](=O)[O-])c2Cl)c(C)c1. The van der Waals surface area contributed by atoms with Crippen molar-refractivity contribution in [2.45, 2.75) is 20.8 Å². The van der Waals surface area contributed by atoms with E-state index in [-0.39, 0.29) is 10.8 Å². The molecule has 0 amide bonds. The van der Waals surface area contributed by atoms with Gasteiger partial charge in [-0.3, -0.25) is 10.1 Å². The maximum atomic E-state index is 10.9. The fourth-order valence-corrected chi connectivity index (χ4v) is 2.24. The number of rotatable bonds is 2. The lowest BCUT2D eigenvalue weighted by atomic mass is 10.1. The molecule has 0 bridgehead atoms. The molecule has 2 rings (SSSR count). The average molecular weight is 266 g/mol. The maximum Gasteiger partial charge on any atom is 0.329 e. The van der Waals surface area contributed by atoms with Crippen molar-refractivity contribution in [1.29, 1.82) is 0 Å². The van der Waals surface area contributed by atoms with Gasteiger partial charge in [0, 0.05) is 0 Å². The van der Waals surface area contributed by atoms with Gasteiger partial charge in [0.2, 0.25) is 5.15 Å². The first-order valence-corrected chi connectivity index (χ1v) is 5.76. The number of hydrogen-bond donors (Lipinski definition) is 0. The van der Waals surface area contributed by atoms with E-state index in [1.54, 1.807) is 6.92 Å². The second kappa shape index (κ2) is 4.42. The number of benzene rings is 1. The van der Waals surface area contributed by atoms with Crippen LogP contribution in [0.4, 0.5) is 5.69 Å². The van der Waals surface area contributed by atoms with Crippen LogP contribution in [0, 0.1) is 30.9 Å². The minimum Gasteiger partial charge on any atom is -0.258 e. The van der Waals surface area contributed by atoms with Gasteiger partial charge in [0.05, 0.1) is 10.6 Å². The molecule has 0 spiro atoms. The van der Waals surface area contributed by atoms with E-state index in [0.29, 0.717) is 5.69 Å². The fraction of sp³-hybridized carbons (Fsp3) is 0.250. The third kappa shape index (κ3) is 1.97. The Morgan fingerprint density at radius 2 is 2.00 bits per heavy atom. The maximum absolute atomic E-state index is 10.9. The molecule has 1 aromatic carbocycles. The highest BCUT2D eigenvalue weighted by atomic mass is 35.5. The smallest absolute Gasteiger partial charge is 0.258 e. The lowest BCUT2D eigenvalue weighted by molar-refractivity contribution is -0.385. The standard InChI is InChI=1S/C12H12ClN3O2/c1-7-4-5-10(8(2)6-7)15-12(13)11(16(17)18)9(3)14-15/h4-6H,1-3H3. The van der Waals surface area contributed by atoms with Gasteiger partial charge in [0.25, 0.3) is 0 Å². The topological polar surface area (TPSA) is 61.0 Å².